The van der Waals surface area contributed by atoms with Gasteiger partial charge in [0.05, 0.1) is 17.4 Å². The number of nitriles is 1. The fourth-order valence-electron chi connectivity index (χ4n) is 1.51. The van der Waals surface area contributed by atoms with E-state index in [4.69, 9.17) is 11.0 Å². The van der Waals surface area contributed by atoms with Crippen LogP contribution in [-0.4, -0.2) is 9.78 Å². The highest BCUT2D eigenvalue weighted by Crippen LogP contribution is 2.33. The molecule has 0 radical (unpaired) electrons. The van der Waals surface area contributed by atoms with Crippen molar-refractivity contribution in [1.82, 2.24) is 9.78 Å². The van der Waals surface area contributed by atoms with E-state index in [1.807, 2.05) is 0 Å². The molecule has 4 nitrogen and oxygen atoms in total. The standard InChI is InChI=1S/C11H7F3N4/c12-11(13,14)8-3-1-2-4-9(8)18-6-7(5-15)10(16)17-18/h1-4,6H,(H2,16,17). The fraction of sp³-hybridized carbons (Fsp3) is 0.0909. The number of hydrogen-bond acceptors (Lipinski definition) is 3. The monoisotopic (exact) mass is 252 g/mol. The van der Waals surface area contributed by atoms with Gasteiger partial charge in [-0.15, -0.1) is 5.10 Å². The predicted octanol–water partition coefficient (Wildman–Crippen LogP) is 2.34. The third kappa shape index (κ3) is 2.00. The minimum atomic E-state index is -4.50. The number of benzene rings is 1. The van der Waals surface area contributed by atoms with E-state index in [2.05, 4.69) is 5.10 Å². The maximum Gasteiger partial charge on any atom is 0.418 e. The Bertz CT molecular complexity index is 622. The number of alkyl halides is 3. The van der Waals surface area contributed by atoms with E-state index >= 15 is 0 Å². The summed E-state index contributed by atoms with van der Waals surface area (Å²) in [6.07, 6.45) is -3.33. The Morgan fingerprint density at radius 3 is 2.50 bits per heavy atom. The zero-order valence-electron chi connectivity index (χ0n) is 8.94. The maximum absolute atomic E-state index is 12.8. The number of rotatable bonds is 1. The number of anilines is 1. The molecule has 0 saturated carbocycles. The van der Waals surface area contributed by atoms with Crippen LogP contribution in [0.25, 0.3) is 5.69 Å². The first kappa shape index (κ1) is 12.0. The zero-order valence-corrected chi connectivity index (χ0v) is 8.94. The first-order valence-corrected chi connectivity index (χ1v) is 4.85. The Morgan fingerprint density at radius 2 is 1.94 bits per heavy atom. The number of nitrogen functional groups attached to an aromatic ring is 1. The molecule has 0 amide bonds. The van der Waals surface area contributed by atoms with E-state index in [9.17, 15) is 13.2 Å². The van der Waals surface area contributed by atoms with E-state index in [-0.39, 0.29) is 17.1 Å². The summed E-state index contributed by atoms with van der Waals surface area (Å²) < 4.78 is 39.3. The van der Waals surface area contributed by atoms with Crippen molar-refractivity contribution in [3.8, 4) is 11.8 Å². The van der Waals surface area contributed by atoms with Crippen molar-refractivity contribution < 1.29 is 13.2 Å². The van der Waals surface area contributed by atoms with E-state index in [0.717, 1.165) is 10.7 Å². The molecular weight excluding hydrogens is 245 g/mol. The van der Waals surface area contributed by atoms with Crippen LogP contribution in [-0.2, 0) is 6.18 Å². The van der Waals surface area contributed by atoms with Crippen LogP contribution in [0.3, 0.4) is 0 Å². The summed E-state index contributed by atoms with van der Waals surface area (Å²) >= 11 is 0. The molecule has 2 rings (SSSR count). The van der Waals surface area contributed by atoms with Crippen LogP contribution in [0.2, 0.25) is 0 Å². The lowest BCUT2D eigenvalue weighted by Crippen LogP contribution is -2.11. The summed E-state index contributed by atoms with van der Waals surface area (Å²) in [6, 6.07) is 6.69. The molecular formula is C11H7F3N4. The molecule has 92 valence electrons. The van der Waals surface area contributed by atoms with Crippen molar-refractivity contribution in [1.29, 1.82) is 5.26 Å². The molecule has 0 aliphatic carbocycles. The summed E-state index contributed by atoms with van der Waals surface area (Å²) in [6.45, 7) is 0. The van der Waals surface area contributed by atoms with Gasteiger partial charge in [-0.25, -0.2) is 4.68 Å². The fourth-order valence-corrected chi connectivity index (χ4v) is 1.51. The molecule has 0 unspecified atom stereocenters. The number of aromatic nitrogens is 2. The number of halogens is 3. The Hall–Kier alpha value is -2.49. The highest BCUT2D eigenvalue weighted by atomic mass is 19.4. The summed E-state index contributed by atoms with van der Waals surface area (Å²) in [7, 11) is 0. The second kappa shape index (κ2) is 4.07. The van der Waals surface area contributed by atoms with Crippen molar-refractivity contribution in [2.45, 2.75) is 6.18 Å². The van der Waals surface area contributed by atoms with Gasteiger partial charge in [-0.1, -0.05) is 12.1 Å². The molecule has 0 aliphatic heterocycles. The average molecular weight is 252 g/mol. The molecule has 0 spiro atoms. The minimum Gasteiger partial charge on any atom is -0.381 e. The molecule has 0 atom stereocenters. The zero-order chi connectivity index (χ0) is 13.3. The smallest absolute Gasteiger partial charge is 0.381 e. The van der Waals surface area contributed by atoms with Gasteiger partial charge in [-0.3, -0.25) is 0 Å². The Balaban J connectivity index is 2.61. The molecule has 7 heteroatoms. The van der Waals surface area contributed by atoms with Crippen LogP contribution in [0.5, 0.6) is 0 Å². The largest absolute Gasteiger partial charge is 0.418 e. The molecule has 0 saturated heterocycles. The summed E-state index contributed by atoms with van der Waals surface area (Å²) in [4.78, 5) is 0. The van der Waals surface area contributed by atoms with Crippen molar-refractivity contribution in [3.63, 3.8) is 0 Å². The number of nitrogens with two attached hydrogens (primary N) is 1. The van der Waals surface area contributed by atoms with E-state index in [0.29, 0.717) is 0 Å². The van der Waals surface area contributed by atoms with Crippen LogP contribution in [0.4, 0.5) is 19.0 Å². The lowest BCUT2D eigenvalue weighted by atomic mass is 10.1. The summed E-state index contributed by atoms with van der Waals surface area (Å²) in [5.74, 6) is -0.102. The lowest BCUT2D eigenvalue weighted by molar-refractivity contribution is -0.137. The number of para-hydroxylation sites is 1. The Labute approximate surface area is 100 Å². The number of hydrogen-bond donors (Lipinski definition) is 1. The molecule has 0 fully saturated rings. The first-order chi connectivity index (χ1) is 8.43. The van der Waals surface area contributed by atoms with Gasteiger partial charge in [-0.2, -0.15) is 18.4 Å². The van der Waals surface area contributed by atoms with Gasteiger partial charge in [0.1, 0.15) is 11.6 Å². The van der Waals surface area contributed by atoms with Crippen LogP contribution >= 0.6 is 0 Å². The topological polar surface area (TPSA) is 67.6 Å². The van der Waals surface area contributed by atoms with Gasteiger partial charge in [0.15, 0.2) is 5.82 Å². The van der Waals surface area contributed by atoms with Crippen molar-refractivity contribution in [2.24, 2.45) is 0 Å². The van der Waals surface area contributed by atoms with Crippen molar-refractivity contribution in [2.75, 3.05) is 5.73 Å². The molecule has 2 N–H and O–H groups in total. The molecule has 18 heavy (non-hydrogen) atoms. The number of nitrogens with zero attached hydrogens (tertiary/aromatic N) is 3. The quantitative estimate of drug-likeness (QED) is 0.847. The lowest BCUT2D eigenvalue weighted by Gasteiger charge is -2.11. The van der Waals surface area contributed by atoms with Gasteiger partial charge in [0.2, 0.25) is 0 Å². The SMILES string of the molecule is N#Cc1cn(-c2ccccc2C(F)(F)F)nc1N. The van der Waals surface area contributed by atoms with Gasteiger partial charge in [0, 0.05) is 0 Å². The second-order valence-electron chi connectivity index (χ2n) is 3.50. The second-order valence-corrected chi connectivity index (χ2v) is 3.50. The summed E-state index contributed by atoms with van der Waals surface area (Å²) in [5.41, 5.74) is 4.44. The molecule has 0 bridgehead atoms. The molecule has 1 heterocycles. The van der Waals surface area contributed by atoms with E-state index < -0.39 is 11.7 Å². The predicted molar refractivity (Wildman–Crippen MR) is 57.7 cm³/mol. The van der Waals surface area contributed by atoms with Gasteiger partial charge >= 0.3 is 6.18 Å². The van der Waals surface area contributed by atoms with Gasteiger partial charge in [0.25, 0.3) is 0 Å². The summed E-state index contributed by atoms with van der Waals surface area (Å²) in [5, 5.41) is 12.4. The third-order valence-electron chi connectivity index (χ3n) is 2.32. The van der Waals surface area contributed by atoms with Crippen molar-refractivity contribution >= 4 is 5.82 Å². The van der Waals surface area contributed by atoms with E-state index in [1.54, 1.807) is 6.07 Å². The van der Waals surface area contributed by atoms with Crippen LogP contribution < -0.4 is 5.73 Å². The molecule has 0 aliphatic rings. The minimum absolute atomic E-state index is 0.0342. The van der Waals surface area contributed by atoms with Crippen LogP contribution in [0.1, 0.15) is 11.1 Å². The highest BCUT2D eigenvalue weighted by Gasteiger charge is 2.34. The Kier molecular flexibility index (Phi) is 2.71. The normalized spacial score (nSPS) is 11.2. The van der Waals surface area contributed by atoms with Gasteiger partial charge in [-0.05, 0) is 12.1 Å². The average Bonchev–Trinajstić information content (AvgIpc) is 2.69. The third-order valence-corrected chi connectivity index (χ3v) is 2.32. The molecule has 2 aromatic rings. The molecule has 1 aromatic carbocycles. The van der Waals surface area contributed by atoms with Crippen LogP contribution in [0, 0.1) is 11.3 Å². The van der Waals surface area contributed by atoms with Crippen molar-refractivity contribution in [3.05, 3.63) is 41.6 Å². The van der Waals surface area contributed by atoms with Crippen LogP contribution in [0.15, 0.2) is 30.5 Å². The van der Waals surface area contributed by atoms with Gasteiger partial charge < -0.3 is 5.73 Å². The molecule has 1 aromatic heterocycles. The highest BCUT2D eigenvalue weighted by molar-refractivity contribution is 5.51. The first-order valence-electron chi connectivity index (χ1n) is 4.85. The maximum atomic E-state index is 12.8. The van der Waals surface area contributed by atoms with E-state index in [1.165, 1.54) is 24.4 Å². The Morgan fingerprint density at radius 1 is 1.28 bits per heavy atom.